The van der Waals surface area contributed by atoms with Crippen molar-refractivity contribution in [2.24, 2.45) is 5.14 Å². The van der Waals surface area contributed by atoms with Crippen molar-refractivity contribution in [1.82, 2.24) is 24.5 Å². The van der Waals surface area contributed by atoms with Crippen molar-refractivity contribution in [3.05, 3.63) is 66.3 Å². The molecule has 4 aromatic rings. The SMILES string of the molecule is CC(C)n1cnc2c(F)nc(-c3ccnc(Cc4ccc(S(N)(=O)=O)cc4)n3)cc21. The van der Waals surface area contributed by atoms with Crippen molar-refractivity contribution in [2.75, 3.05) is 0 Å². The molecular formula is C20H19FN6O2S. The summed E-state index contributed by atoms with van der Waals surface area (Å²) in [6.07, 6.45) is 3.55. The number of rotatable bonds is 5. The monoisotopic (exact) mass is 426 g/mol. The molecule has 8 nitrogen and oxygen atoms in total. The maximum absolute atomic E-state index is 14.5. The van der Waals surface area contributed by atoms with Gasteiger partial charge in [0.2, 0.25) is 16.0 Å². The zero-order chi connectivity index (χ0) is 21.5. The molecule has 0 aliphatic heterocycles. The lowest BCUT2D eigenvalue weighted by molar-refractivity contribution is 0.594. The van der Waals surface area contributed by atoms with E-state index in [1.165, 1.54) is 12.1 Å². The number of hydrogen-bond acceptors (Lipinski definition) is 6. The van der Waals surface area contributed by atoms with E-state index in [1.807, 2.05) is 18.4 Å². The molecule has 0 radical (unpaired) electrons. The van der Waals surface area contributed by atoms with E-state index in [4.69, 9.17) is 5.14 Å². The summed E-state index contributed by atoms with van der Waals surface area (Å²) in [4.78, 5) is 16.9. The Balaban J connectivity index is 1.67. The van der Waals surface area contributed by atoms with Crippen LogP contribution in [0.4, 0.5) is 4.39 Å². The van der Waals surface area contributed by atoms with E-state index in [0.29, 0.717) is 29.1 Å². The predicted molar refractivity (Wildman–Crippen MR) is 110 cm³/mol. The summed E-state index contributed by atoms with van der Waals surface area (Å²) in [7, 11) is -3.74. The minimum atomic E-state index is -3.74. The average molecular weight is 426 g/mol. The third kappa shape index (κ3) is 3.91. The second-order valence-electron chi connectivity index (χ2n) is 7.14. The molecule has 0 spiro atoms. The van der Waals surface area contributed by atoms with E-state index in [0.717, 1.165) is 5.56 Å². The van der Waals surface area contributed by atoms with Gasteiger partial charge in [0.1, 0.15) is 11.3 Å². The number of nitrogens with zero attached hydrogens (tertiary/aromatic N) is 5. The van der Waals surface area contributed by atoms with Crippen LogP contribution in [-0.4, -0.2) is 32.9 Å². The molecular weight excluding hydrogens is 407 g/mol. The van der Waals surface area contributed by atoms with Crippen LogP contribution in [0.2, 0.25) is 0 Å². The summed E-state index contributed by atoms with van der Waals surface area (Å²) in [6, 6.07) is 9.72. The number of fused-ring (bicyclic) bond motifs is 1. The summed E-state index contributed by atoms with van der Waals surface area (Å²) >= 11 is 0. The van der Waals surface area contributed by atoms with Gasteiger partial charge in [-0.1, -0.05) is 12.1 Å². The minimum absolute atomic E-state index is 0.0376. The molecule has 0 atom stereocenters. The van der Waals surface area contributed by atoms with Gasteiger partial charge in [-0.3, -0.25) is 0 Å². The normalized spacial score (nSPS) is 12.0. The van der Waals surface area contributed by atoms with Crippen LogP contribution in [-0.2, 0) is 16.4 Å². The van der Waals surface area contributed by atoms with Gasteiger partial charge in [-0.25, -0.2) is 33.5 Å². The lowest BCUT2D eigenvalue weighted by atomic mass is 10.1. The highest BCUT2D eigenvalue weighted by Gasteiger charge is 2.15. The van der Waals surface area contributed by atoms with Crippen LogP contribution in [0.15, 0.2) is 53.8 Å². The van der Waals surface area contributed by atoms with Crippen LogP contribution < -0.4 is 5.14 Å². The van der Waals surface area contributed by atoms with Gasteiger partial charge < -0.3 is 4.57 Å². The highest BCUT2D eigenvalue weighted by Crippen LogP contribution is 2.24. The number of hydrogen-bond donors (Lipinski definition) is 1. The number of primary sulfonamides is 1. The Bertz CT molecular complexity index is 1330. The topological polar surface area (TPSA) is 117 Å². The quantitative estimate of drug-likeness (QED) is 0.491. The van der Waals surface area contributed by atoms with Gasteiger partial charge in [0.05, 0.1) is 28.1 Å². The third-order valence-corrected chi connectivity index (χ3v) is 5.59. The molecule has 0 aliphatic rings. The Kier molecular flexibility index (Phi) is 5.04. The van der Waals surface area contributed by atoms with E-state index >= 15 is 0 Å². The van der Waals surface area contributed by atoms with Gasteiger partial charge in [0, 0.05) is 18.7 Å². The Morgan fingerprint density at radius 3 is 2.47 bits per heavy atom. The summed E-state index contributed by atoms with van der Waals surface area (Å²) in [5.41, 5.74) is 2.55. The Labute approximate surface area is 172 Å². The Morgan fingerprint density at radius 1 is 1.07 bits per heavy atom. The fraction of sp³-hybridized carbons (Fsp3) is 0.200. The highest BCUT2D eigenvalue weighted by atomic mass is 32.2. The molecule has 0 fully saturated rings. The first kappa shape index (κ1) is 20.0. The molecule has 154 valence electrons. The maximum atomic E-state index is 14.5. The number of aromatic nitrogens is 5. The zero-order valence-corrected chi connectivity index (χ0v) is 17.1. The fourth-order valence-electron chi connectivity index (χ4n) is 3.14. The number of benzene rings is 1. The number of pyridine rings is 1. The molecule has 0 saturated carbocycles. The van der Waals surface area contributed by atoms with Gasteiger partial charge >= 0.3 is 0 Å². The fourth-order valence-corrected chi connectivity index (χ4v) is 3.66. The lowest BCUT2D eigenvalue weighted by Crippen LogP contribution is -2.12. The first-order valence-corrected chi connectivity index (χ1v) is 10.7. The third-order valence-electron chi connectivity index (χ3n) is 4.66. The molecule has 2 N–H and O–H groups in total. The lowest BCUT2D eigenvalue weighted by Gasteiger charge is -2.09. The standard InChI is InChI=1S/C20H19FN6O2S/c1-12(2)27-11-24-19-17(27)10-16(26-20(19)21)15-7-8-23-18(25-15)9-13-3-5-14(6-4-13)30(22,28)29/h3-8,10-12H,9H2,1-2H3,(H2,22,28,29). The number of halogens is 1. The molecule has 0 unspecified atom stereocenters. The van der Waals surface area contributed by atoms with E-state index in [1.54, 1.807) is 36.8 Å². The molecule has 0 aliphatic carbocycles. The number of sulfonamides is 1. The van der Waals surface area contributed by atoms with Crippen LogP contribution in [0.1, 0.15) is 31.3 Å². The Morgan fingerprint density at radius 2 is 1.80 bits per heavy atom. The van der Waals surface area contributed by atoms with Crippen molar-refractivity contribution in [3.8, 4) is 11.4 Å². The summed E-state index contributed by atoms with van der Waals surface area (Å²) in [5, 5.41) is 5.12. The van der Waals surface area contributed by atoms with Crippen LogP contribution in [0, 0.1) is 5.95 Å². The summed E-state index contributed by atoms with van der Waals surface area (Å²) in [5.74, 6) is -0.156. The Hall–Kier alpha value is -3.24. The largest absolute Gasteiger partial charge is 0.328 e. The first-order valence-electron chi connectivity index (χ1n) is 9.19. The van der Waals surface area contributed by atoms with Gasteiger partial charge in [-0.2, -0.15) is 4.39 Å². The number of nitrogens with two attached hydrogens (primary N) is 1. The van der Waals surface area contributed by atoms with Crippen LogP contribution in [0.25, 0.3) is 22.4 Å². The molecule has 4 rings (SSSR count). The zero-order valence-electron chi connectivity index (χ0n) is 16.3. The molecule has 10 heteroatoms. The summed E-state index contributed by atoms with van der Waals surface area (Å²) < 4.78 is 39.1. The minimum Gasteiger partial charge on any atom is -0.328 e. The average Bonchev–Trinajstić information content (AvgIpc) is 3.13. The second-order valence-corrected chi connectivity index (χ2v) is 8.70. The summed E-state index contributed by atoms with van der Waals surface area (Å²) in [6.45, 7) is 3.98. The van der Waals surface area contributed by atoms with E-state index in [-0.39, 0.29) is 16.5 Å². The van der Waals surface area contributed by atoms with Crippen molar-refractivity contribution >= 4 is 21.1 Å². The van der Waals surface area contributed by atoms with E-state index in [2.05, 4.69) is 19.9 Å². The molecule has 0 bridgehead atoms. The van der Waals surface area contributed by atoms with Gasteiger partial charge in [0.25, 0.3) is 0 Å². The van der Waals surface area contributed by atoms with Crippen molar-refractivity contribution in [3.63, 3.8) is 0 Å². The van der Waals surface area contributed by atoms with Gasteiger partial charge in [-0.05, 0) is 43.7 Å². The predicted octanol–water partition coefficient (Wildman–Crippen LogP) is 2.85. The molecule has 0 saturated heterocycles. The van der Waals surface area contributed by atoms with Crippen molar-refractivity contribution in [1.29, 1.82) is 0 Å². The van der Waals surface area contributed by atoms with Crippen molar-refractivity contribution in [2.45, 2.75) is 31.2 Å². The van der Waals surface area contributed by atoms with E-state index < -0.39 is 16.0 Å². The molecule has 30 heavy (non-hydrogen) atoms. The molecule has 3 aromatic heterocycles. The highest BCUT2D eigenvalue weighted by molar-refractivity contribution is 7.89. The van der Waals surface area contributed by atoms with Crippen LogP contribution in [0.3, 0.4) is 0 Å². The van der Waals surface area contributed by atoms with Crippen LogP contribution in [0.5, 0.6) is 0 Å². The molecule has 0 amide bonds. The second kappa shape index (κ2) is 7.54. The van der Waals surface area contributed by atoms with E-state index in [9.17, 15) is 12.8 Å². The van der Waals surface area contributed by atoms with Crippen molar-refractivity contribution < 1.29 is 12.8 Å². The first-order chi connectivity index (χ1) is 14.2. The molecule has 3 heterocycles. The smallest absolute Gasteiger partial charge is 0.241 e. The van der Waals surface area contributed by atoms with Gasteiger partial charge in [-0.15, -0.1) is 0 Å². The van der Waals surface area contributed by atoms with Crippen LogP contribution >= 0.6 is 0 Å². The maximum Gasteiger partial charge on any atom is 0.241 e. The van der Waals surface area contributed by atoms with Gasteiger partial charge in [0.15, 0.2) is 0 Å². The number of imidazole rings is 1. The molecule has 1 aromatic carbocycles.